The molecule has 3 rings (SSSR count). The molecule has 0 saturated carbocycles. The Morgan fingerprint density at radius 1 is 1.11 bits per heavy atom. The minimum atomic E-state index is -4.83. The fraction of sp³-hybridized carbons (Fsp3) is 0.350. The van der Waals surface area contributed by atoms with Crippen molar-refractivity contribution in [2.24, 2.45) is 0 Å². The molecular formula is C20H18F5NO2. The zero-order valence-corrected chi connectivity index (χ0v) is 14.8. The van der Waals surface area contributed by atoms with Crippen LogP contribution in [0.1, 0.15) is 23.5 Å². The zero-order chi connectivity index (χ0) is 20.3. The average molecular weight is 399 g/mol. The summed E-state index contributed by atoms with van der Waals surface area (Å²) in [7, 11) is 0. The summed E-state index contributed by atoms with van der Waals surface area (Å²) in [4.78, 5) is 13.9. The Morgan fingerprint density at radius 2 is 1.75 bits per heavy atom. The molecule has 1 aliphatic heterocycles. The summed E-state index contributed by atoms with van der Waals surface area (Å²) in [5.41, 5.74) is 0.313. The maximum atomic E-state index is 13.5. The Bertz CT molecular complexity index is 805. The lowest BCUT2D eigenvalue weighted by atomic mass is 9.93. The summed E-state index contributed by atoms with van der Waals surface area (Å²) in [5.74, 6) is -5.32. The Morgan fingerprint density at radius 3 is 2.36 bits per heavy atom. The van der Waals surface area contributed by atoms with Gasteiger partial charge in [0.2, 0.25) is 5.91 Å². The number of amides is 1. The van der Waals surface area contributed by atoms with E-state index in [-0.39, 0.29) is 13.3 Å². The number of benzene rings is 2. The van der Waals surface area contributed by atoms with Crippen LogP contribution in [0.25, 0.3) is 0 Å². The number of ether oxygens (including phenoxy) is 1. The van der Waals surface area contributed by atoms with E-state index in [1.807, 2.05) is 30.3 Å². The first-order valence-electron chi connectivity index (χ1n) is 8.68. The number of alkyl halides is 3. The normalized spacial score (nSPS) is 18.3. The topological polar surface area (TPSA) is 29.5 Å². The van der Waals surface area contributed by atoms with E-state index >= 15 is 0 Å². The molecule has 0 bridgehead atoms. The summed E-state index contributed by atoms with van der Waals surface area (Å²) in [6, 6.07) is 10.5. The van der Waals surface area contributed by atoms with Crippen molar-refractivity contribution < 1.29 is 31.5 Å². The predicted molar refractivity (Wildman–Crippen MR) is 91.4 cm³/mol. The third-order valence-electron chi connectivity index (χ3n) is 4.68. The highest BCUT2D eigenvalue weighted by Crippen LogP contribution is 2.38. The minimum absolute atomic E-state index is 0.113. The van der Waals surface area contributed by atoms with Gasteiger partial charge in [0.15, 0.2) is 0 Å². The molecule has 0 unspecified atom stereocenters. The van der Waals surface area contributed by atoms with Gasteiger partial charge in [0, 0.05) is 12.5 Å². The highest BCUT2D eigenvalue weighted by Gasteiger charge is 2.44. The monoisotopic (exact) mass is 399 g/mol. The van der Waals surface area contributed by atoms with Crippen LogP contribution in [0, 0.1) is 11.6 Å². The molecule has 0 radical (unpaired) electrons. The van der Waals surface area contributed by atoms with Crippen molar-refractivity contribution in [3.05, 3.63) is 71.3 Å². The summed E-state index contributed by atoms with van der Waals surface area (Å²) in [6.45, 7) is 0.102. The zero-order valence-electron chi connectivity index (χ0n) is 14.8. The lowest BCUT2D eigenvalue weighted by Crippen LogP contribution is -2.40. The third-order valence-corrected chi connectivity index (χ3v) is 4.68. The van der Waals surface area contributed by atoms with Crippen LogP contribution in [-0.4, -0.2) is 36.4 Å². The van der Waals surface area contributed by atoms with Crippen LogP contribution in [0.3, 0.4) is 0 Å². The molecule has 1 amide bonds. The van der Waals surface area contributed by atoms with E-state index in [4.69, 9.17) is 4.74 Å². The second-order valence-electron chi connectivity index (χ2n) is 6.71. The molecule has 1 fully saturated rings. The summed E-state index contributed by atoms with van der Waals surface area (Å²) < 4.78 is 72.6. The van der Waals surface area contributed by atoms with Crippen LogP contribution in [0.4, 0.5) is 22.0 Å². The van der Waals surface area contributed by atoms with Crippen LogP contribution >= 0.6 is 0 Å². The fourth-order valence-corrected chi connectivity index (χ4v) is 3.30. The predicted octanol–water partition coefficient (Wildman–Crippen LogP) is 4.43. The van der Waals surface area contributed by atoms with E-state index in [1.165, 1.54) is 4.90 Å². The van der Waals surface area contributed by atoms with E-state index < -0.39 is 47.7 Å². The van der Waals surface area contributed by atoms with Gasteiger partial charge in [0.05, 0.1) is 18.6 Å². The minimum Gasteiger partial charge on any atom is -0.359 e. The van der Waals surface area contributed by atoms with Crippen molar-refractivity contribution in [2.45, 2.75) is 31.0 Å². The lowest BCUT2D eigenvalue weighted by Gasteiger charge is -2.26. The molecule has 1 aliphatic rings. The number of hydrogen-bond acceptors (Lipinski definition) is 2. The number of carbonyl (C=O) groups is 1. The van der Waals surface area contributed by atoms with E-state index in [0.717, 1.165) is 5.56 Å². The van der Waals surface area contributed by atoms with Gasteiger partial charge in [0.1, 0.15) is 18.4 Å². The first-order chi connectivity index (χ1) is 13.2. The first-order valence-corrected chi connectivity index (χ1v) is 8.68. The molecule has 2 atom stereocenters. The molecule has 0 aromatic heterocycles. The Hall–Kier alpha value is -2.48. The maximum Gasteiger partial charge on any atom is 0.396 e. The quantitative estimate of drug-likeness (QED) is 0.697. The summed E-state index contributed by atoms with van der Waals surface area (Å²) in [5, 5.41) is 0. The van der Waals surface area contributed by atoms with Crippen molar-refractivity contribution in [1.29, 1.82) is 0 Å². The van der Waals surface area contributed by atoms with E-state index in [1.54, 1.807) is 0 Å². The molecule has 2 aromatic rings. The van der Waals surface area contributed by atoms with Crippen LogP contribution < -0.4 is 0 Å². The molecule has 0 spiro atoms. The van der Waals surface area contributed by atoms with Crippen molar-refractivity contribution in [1.82, 2.24) is 4.90 Å². The van der Waals surface area contributed by atoms with E-state index in [0.29, 0.717) is 24.6 Å². The van der Waals surface area contributed by atoms with Gasteiger partial charge in [-0.1, -0.05) is 30.3 Å². The van der Waals surface area contributed by atoms with Gasteiger partial charge in [-0.2, -0.15) is 13.2 Å². The molecule has 28 heavy (non-hydrogen) atoms. The lowest BCUT2D eigenvalue weighted by molar-refractivity contribution is -0.161. The molecule has 150 valence electrons. The molecule has 1 saturated heterocycles. The van der Waals surface area contributed by atoms with Crippen molar-refractivity contribution in [3.8, 4) is 0 Å². The van der Waals surface area contributed by atoms with Crippen LogP contribution in [0.5, 0.6) is 0 Å². The molecule has 2 aromatic carbocycles. The maximum absolute atomic E-state index is 13.5. The van der Waals surface area contributed by atoms with Crippen LogP contribution in [0.15, 0.2) is 48.5 Å². The average Bonchev–Trinajstić information content (AvgIpc) is 3.06. The Kier molecular flexibility index (Phi) is 5.98. The third kappa shape index (κ3) is 4.86. The van der Waals surface area contributed by atoms with Crippen molar-refractivity contribution in [3.63, 3.8) is 0 Å². The number of nitrogens with zero attached hydrogens (tertiary/aromatic N) is 1. The van der Waals surface area contributed by atoms with Gasteiger partial charge in [0.25, 0.3) is 0 Å². The Balaban J connectivity index is 1.77. The smallest absolute Gasteiger partial charge is 0.359 e. The molecule has 0 aliphatic carbocycles. The van der Waals surface area contributed by atoms with E-state index in [2.05, 4.69) is 0 Å². The van der Waals surface area contributed by atoms with Crippen molar-refractivity contribution in [2.75, 3.05) is 13.3 Å². The Labute approximate surface area is 158 Å². The van der Waals surface area contributed by atoms with E-state index in [9.17, 15) is 26.7 Å². The molecular weight excluding hydrogens is 381 g/mol. The SMILES string of the molecule is O=C(C[C@H](c1cc(F)cc(F)c1)C(F)(F)F)N1COC[C@H]1Cc1ccccc1. The first kappa shape index (κ1) is 20.3. The molecule has 1 heterocycles. The second kappa shape index (κ2) is 8.26. The summed E-state index contributed by atoms with van der Waals surface area (Å²) >= 11 is 0. The number of rotatable bonds is 5. The highest BCUT2D eigenvalue weighted by molar-refractivity contribution is 5.77. The number of hydrogen-bond donors (Lipinski definition) is 0. The number of halogens is 5. The number of carbonyl (C=O) groups excluding carboxylic acids is 1. The van der Waals surface area contributed by atoms with Crippen LogP contribution in [-0.2, 0) is 16.0 Å². The van der Waals surface area contributed by atoms with Crippen LogP contribution in [0.2, 0.25) is 0 Å². The van der Waals surface area contributed by atoms with Gasteiger partial charge < -0.3 is 9.64 Å². The van der Waals surface area contributed by atoms with Gasteiger partial charge in [-0.3, -0.25) is 4.79 Å². The van der Waals surface area contributed by atoms with Gasteiger partial charge in [-0.05, 0) is 29.7 Å². The molecule has 0 N–H and O–H groups in total. The largest absolute Gasteiger partial charge is 0.396 e. The van der Waals surface area contributed by atoms with Crippen molar-refractivity contribution >= 4 is 5.91 Å². The second-order valence-corrected chi connectivity index (χ2v) is 6.71. The van der Waals surface area contributed by atoms with Gasteiger partial charge in [-0.15, -0.1) is 0 Å². The standard InChI is InChI=1S/C20H18F5NO2/c21-15-7-14(8-16(22)9-15)18(20(23,24)25)10-19(27)26-12-28-11-17(26)6-13-4-2-1-3-5-13/h1-5,7-9,17-18H,6,10-12H2/t17-,18-/m1/s1. The summed E-state index contributed by atoms with van der Waals surface area (Å²) in [6.07, 6.45) is -5.33. The fourth-order valence-electron chi connectivity index (χ4n) is 3.30. The van der Waals surface area contributed by atoms with Gasteiger partial charge >= 0.3 is 6.18 Å². The molecule has 3 nitrogen and oxygen atoms in total. The molecule has 8 heteroatoms. The highest BCUT2D eigenvalue weighted by atomic mass is 19.4. The van der Waals surface area contributed by atoms with Gasteiger partial charge in [-0.25, -0.2) is 8.78 Å².